The molecule has 3 unspecified atom stereocenters. The number of carbonyl (C=O) groups is 2. The second-order valence-corrected chi connectivity index (χ2v) is 12.1. The van der Waals surface area contributed by atoms with Crippen molar-refractivity contribution in [3.63, 3.8) is 0 Å². The van der Waals surface area contributed by atoms with Gasteiger partial charge in [0.2, 0.25) is 0 Å². The summed E-state index contributed by atoms with van der Waals surface area (Å²) in [5, 5.41) is 34.2. The normalized spacial score (nSPS) is 36.7. The van der Waals surface area contributed by atoms with Gasteiger partial charge < -0.3 is 15.3 Å². The summed E-state index contributed by atoms with van der Waals surface area (Å²) in [6, 6.07) is 0. The summed E-state index contributed by atoms with van der Waals surface area (Å²) in [4.78, 5) is 27.0. The molecule has 1 spiro atoms. The molecule has 3 aliphatic carbocycles. The van der Waals surface area contributed by atoms with Crippen molar-refractivity contribution >= 4 is 11.6 Å². The van der Waals surface area contributed by atoms with E-state index in [0.29, 0.717) is 19.3 Å². The number of fused-ring (bicyclic) bond motifs is 1. The summed E-state index contributed by atoms with van der Waals surface area (Å²) in [5.74, 6) is -1.34. The van der Waals surface area contributed by atoms with Gasteiger partial charge in [0, 0.05) is 6.42 Å². The van der Waals surface area contributed by atoms with Crippen LogP contribution >= 0.6 is 0 Å². The molecule has 0 aliphatic heterocycles. The topological polar surface area (TPSA) is 94.8 Å². The lowest BCUT2D eigenvalue weighted by atomic mass is 9.61. The van der Waals surface area contributed by atoms with Crippen LogP contribution in [-0.4, -0.2) is 38.6 Å². The molecule has 3 aliphatic rings. The molecule has 2 bridgehead atoms. The minimum absolute atomic E-state index is 0.0521. The fraction of sp³-hybridized carbons (Fsp3) is 0.769. The van der Waals surface area contributed by atoms with Crippen LogP contribution in [0.1, 0.15) is 81.1 Å². The molecule has 0 heterocycles. The second-order valence-electron chi connectivity index (χ2n) is 12.1. The standard InChI is InChI=1S/C26H40O5/c1-14(2)9-10-25-12-18-23(5,6)17(24(7,8)31)13-26(18,22(25)30)21(29)19(20(25)28)16(27)11-15(3)4/h9,15,17-18,22,29-31H,10-13H2,1-8H3/t17?,18-,22?,25?,26+/m0/s1. The molecule has 0 saturated heterocycles. The lowest BCUT2D eigenvalue weighted by Crippen LogP contribution is -2.52. The first-order valence-electron chi connectivity index (χ1n) is 11.6. The van der Waals surface area contributed by atoms with Crippen molar-refractivity contribution in [3.8, 4) is 0 Å². The molecule has 5 atom stereocenters. The van der Waals surface area contributed by atoms with Crippen LogP contribution in [0.3, 0.4) is 0 Å². The molecule has 5 nitrogen and oxygen atoms in total. The number of rotatable bonds is 6. The highest BCUT2D eigenvalue weighted by Gasteiger charge is 2.77. The zero-order valence-electron chi connectivity index (χ0n) is 20.4. The van der Waals surface area contributed by atoms with Gasteiger partial charge >= 0.3 is 0 Å². The molecule has 0 aromatic rings. The number of aliphatic hydroxyl groups excluding tert-OH is 2. The fourth-order valence-electron chi connectivity index (χ4n) is 7.13. The van der Waals surface area contributed by atoms with Crippen molar-refractivity contribution in [3.05, 3.63) is 23.0 Å². The summed E-state index contributed by atoms with van der Waals surface area (Å²) in [7, 11) is 0. The van der Waals surface area contributed by atoms with Crippen molar-refractivity contribution in [2.75, 3.05) is 0 Å². The molecule has 3 rings (SSSR count). The maximum absolute atomic E-state index is 13.8. The number of hydrogen-bond donors (Lipinski definition) is 3. The van der Waals surface area contributed by atoms with Gasteiger partial charge in [0.15, 0.2) is 11.6 Å². The maximum Gasteiger partial charge on any atom is 0.178 e. The van der Waals surface area contributed by atoms with Gasteiger partial charge in [-0.3, -0.25) is 9.59 Å². The van der Waals surface area contributed by atoms with Gasteiger partial charge in [-0.15, -0.1) is 0 Å². The van der Waals surface area contributed by atoms with Crippen LogP contribution in [-0.2, 0) is 9.59 Å². The molecule has 3 N–H and O–H groups in total. The van der Waals surface area contributed by atoms with Crippen LogP contribution in [0, 0.1) is 34.0 Å². The lowest BCUT2D eigenvalue weighted by molar-refractivity contribution is -0.139. The number of allylic oxidation sites excluding steroid dienone is 3. The van der Waals surface area contributed by atoms with E-state index >= 15 is 0 Å². The summed E-state index contributed by atoms with van der Waals surface area (Å²) >= 11 is 0. The van der Waals surface area contributed by atoms with E-state index in [1.54, 1.807) is 13.8 Å². The van der Waals surface area contributed by atoms with Crippen molar-refractivity contribution in [2.45, 2.75) is 92.8 Å². The maximum atomic E-state index is 13.8. The first-order valence-corrected chi connectivity index (χ1v) is 11.6. The van der Waals surface area contributed by atoms with E-state index in [-0.39, 0.29) is 41.3 Å². The molecule has 5 heteroatoms. The van der Waals surface area contributed by atoms with E-state index in [4.69, 9.17) is 0 Å². The van der Waals surface area contributed by atoms with Crippen LogP contribution in [0.5, 0.6) is 0 Å². The predicted octanol–water partition coefficient (Wildman–Crippen LogP) is 4.52. The average Bonchev–Trinajstić information content (AvgIpc) is 2.97. The molecule has 2 fully saturated rings. The number of aliphatic hydroxyl groups is 3. The number of ketones is 2. The van der Waals surface area contributed by atoms with E-state index in [2.05, 4.69) is 13.8 Å². The third-order valence-electron chi connectivity index (χ3n) is 8.50. The first-order chi connectivity index (χ1) is 14.0. The monoisotopic (exact) mass is 432 g/mol. The van der Waals surface area contributed by atoms with E-state index in [1.807, 2.05) is 33.8 Å². The van der Waals surface area contributed by atoms with E-state index in [0.717, 1.165) is 5.57 Å². The smallest absolute Gasteiger partial charge is 0.178 e. The van der Waals surface area contributed by atoms with Crippen molar-refractivity contribution in [1.82, 2.24) is 0 Å². The number of Topliss-reactive ketones (excluding diaryl/α,β-unsaturated/α-hetero) is 2. The Labute approximate surface area is 186 Å². The van der Waals surface area contributed by atoms with Crippen molar-refractivity contribution in [1.29, 1.82) is 0 Å². The van der Waals surface area contributed by atoms with Gasteiger partial charge in [0.25, 0.3) is 0 Å². The third kappa shape index (κ3) is 3.26. The number of hydrogen-bond acceptors (Lipinski definition) is 5. The summed E-state index contributed by atoms with van der Waals surface area (Å²) < 4.78 is 0. The SMILES string of the molecule is CC(C)=CCC12C[C@H]3C(C)(C)C(C(C)(C)O)C[C@@]3(C(O)=C(C(=O)CC(C)C)C1=O)C2O. The first kappa shape index (κ1) is 24.2. The zero-order chi connectivity index (χ0) is 23.7. The molecule has 0 aromatic carbocycles. The Bertz CT molecular complexity index is 852. The summed E-state index contributed by atoms with van der Waals surface area (Å²) in [6.07, 6.45) is 2.16. The Morgan fingerprint density at radius 2 is 1.81 bits per heavy atom. The molecular formula is C26H40O5. The van der Waals surface area contributed by atoms with Crippen molar-refractivity contribution < 1.29 is 24.9 Å². The minimum Gasteiger partial charge on any atom is -0.511 e. The van der Waals surface area contributed by atoms with Gasteiger partial charge in [0.05, 0.1) is 28.1 Å². The largest absolute Gasteiger partial charge is 0.511 e. The Morgan fingerprint density at radius 3 is 2.29 bits per heavy atom. The Hall–Kier alpha value is -1.46. The average molecular weight is 433 g/mol. The Balaban J connectivity index is 2.27. The van der Waals surface area contributed by atoms with Gasteiger partial charge in [-0.2, -0.15) is 0 Å². The highest BCUT2D eigenvalue weighted by Crippen LogP contribution is 2.75. The molecule has 174 valence electrons. The second kappa shape index (κ2) is 7.28. The van der Waals surface area contributed by atoms with E-state index in [9.17, 15) is 24.9 Å². The van der Waals surface area contributed by atoms with Crippen LogP contribution in [0.25, 0.3) is 0 Å². The highest BCUT2D eigenvalue weighted by atomic mass is 16.3. The van der Waals surface area contributed by atoms with Gasteiger partial charge in [-0.05, 0) is 70.1 Å². The Morgan fingerprint density at radius 1 is 1.23 bits per heavy atom. The molecular weight excluding hydrogens is 392 g/mol. The molecule has 31 heavy (non-hydrogen) atoms. The van der Waals surface area contributed by atoms with Gasteiger partial charge in [0.1, 0.15) is 5.76 Å². The summed E-state index contributed by atoms with van der Waals surface area (Å²) in [5.41, 5.74) is -2.71. The third-order valence-corrected chi connectivity index (χ3v) is 8.50. The van der Waals surface area contributed by atoms with E-state index < -0.39 is 33.7 Å². The zero-order valence-corrected chi connectivity index (χ0v) is 20.4. The highest BCUT2D eigenvalue weighted by molar-refractivity contribution is 6.23. The lowest BCUT2D eigenvalue weighted by Gasteiger charge is -2.44. The summed E-state index contributed by atoms with van der Waals surface area (Å²) in [6.45, 7) is 15.4. The van der Waals surface area contributed by atoms with Crippen LogP contribution in [0.15, 0.2) is 23.0 Å². The van der Waals surface area contributed by atoms with Crippen LogP contribution in [0.4, 0.5) is 0 Å². The predicted molar refractivity (Wildman–Crippen MR) is 120 cm³/mol. The van der Waals surface area contributed by atoms with Gasteiger partial charge in [-0.25, -0.2) is 0 Å². The molecule has 0 amide bonds. The van der Waals surface area contributed by atoms with Gasteiger partial charge in [-0.1, -0.05) is 39.3 Å². The molecule has 0 aromatic heterocycles. The number of carbonyl (C=O) groups excluding carboxylic acids is 2. The quantitative estimate of drug-likeness (QED) is 0.424. The van der Waals surface area contributed by atoms with Crippen LogP contribution in [0.2, 0.25) is 0 Å². The van der Waals surface area contributed by atoms with Crippen LogP contribution < -0.4 is 0 Å². The Kier molecular flexibility index (Phi) is 5.68. The van der Waals surface area contributed by atoms with E-state index in [1.165, 1.54) is 0 Å². The van der Waals surface area contributed by atoms with Crippen molar-refractivity contribution in [2.24, 2.45) is 34.0 Å². The molecule has 2 saturated carbocycles. The fourth-order valence-corrected chi connectivity index (χ4v) is 7.13. The molecule has 0 radical (unpaired) electrons. The minimum atomic E-state index is -1.11.